The molecule has 0 atom stereocenters. The van der Waals surface area contributed by atoms with Crippen LogP contribution in [0, 0.1) is 6.92 Å². The van der Waals surface area contributed by atoms with Gasteiger partial charge in [-0.1, -0.05) is 11.3 Å². The van der Waals surface area contributed by atoms with Crippen molar-refractivity contribution in [2.45, 2.75) is 25.8 Å². The van der Waals surface area contributed by atoms with Gasteiger partial charge in [0.25, 0.3) is 5.91 Å². The lowest BCUT2D eigenvalue weighted by molar-refractivity contribution is 0.0910. The largest absolute Gasteiger partial charge is 0.410 e. The summed E-state index contributed by atoms with van der Waals surface area (Å²) in [6.07, 6.45) is 2.68. The Morgan fingerprint density at radius 1 is 1.27 bits per heavy atom. The van der Waals surface area contributed by atoms with Gasteiger partial charge < -0.3 is 20.7 Å². The summed E-state index contributed by atoms with van der Waals surface area (Å²) in [4.78, 5) is 31.0. The van der Waals surface area contributed by atoms with E-state index in [0.717, 1.165) is 59.3 Å². The van der Waals surface area contributed by atoms with E-state index in [1.807, 2.05) is 32.3 Å². The highest BCUT2D eigenvalue weighted by Crippen LogP contribution is 2.36. The minimum absolute atomic E-state index is 0.0641. The Labute approximate surface area is 177 Å². The van der Waals surface area contributed by atoms with Crippen molar-refractivity contribution in [3.8, 4) is 15.6 Å². The van der Waals surface area contributed by atoms with E-state index >= 15 is 0 Å². The van der Waals surface area contributed by atoms with Crippen molar-refractivity contribution in [3.63, 3.8) is 0 Å². The van der Waals surface area contributed by atoms with Crippen LogP contribution in [0.4, 0.5) is 4.79 Å². The van der Waals surface area contributed by atoms with E-state index in [4.69, 9.17) is 10.5 Å². The Morgan fingerprint density at radius 3 is 2.70 bits per heavy atom. The number of aromatic nitrogens is 3. The summed E-state index contributed by atoms with van der Waals surface area (Å²) in [5.41, 5.74) is 8.02. The van der Waals surface area contributed by atoms with E-state index in [1.165, 1.54) is 0 Å². The first-order chi connectivity index (χ1) is 14.3. The molecule has 0 radical (unpaired) electrons. The summed E-state index contributed by atoms with van der Waals surface area (Å²) in [5, 5.41) is 9.12. The van der Waals surface area contributed by atoms with Crippen molar-refractivity contribution >= 4 is 34.2 Å². The minimum Gasteiger partial charge on any atom is -0.397 e. The number of fused-ring (bicyclic) bond motifs is 1. The molecule has 4 rings (SSSR count). The maximum atomic E-state index is 12.9. The molecule has 1 aromatic carbocycles. The predicted molar refractivity (Wildman–Crippen MR) is 115 cm³/mol. The normalized spacial score (nSPS) is 15.4. The molecule has 1 aliphatic rings. The molecular formula is C20H24N6O3S. The molecule has 0 spiro atoms. The second-order valence-electron chi connectivity index (χ2n) is 7.66. The van der Waals surface area contributed by atoms with Crippen LogP contribution >= 0.6 is 11.3 Å². The zero-order valence-corrected chi connectivity index (χ0v) is 18.0. The van der Waals surface area contributed by atoms with Crippen LogP contribution in [0.5, 0.6) is 5.06 Å². The second-order valence-corrected chi connectivity index (χ2v) is 8.62. The lowest BCUT2D eigenvalue weighted by Crippen LogP contribution is -2.43. The summed E-state index contributed by atoms with van der Waals surface area (Å²) in [6.45, 7) is 3.81. The summed E-state index contributed by atoms with van der Waals surface area (Å²) in [5.74, 6) is -0.359. The molecule has 0 aliphatic carbocycles. The van der Waals surface area contributed by atoms with E-state index in [2.05, 4.69) is 27.3 Å². The first-order valence-corrected chi connectivity index (χ1v) is 10.5. The molecule has 0 unspecified atom stereocenters. The van der Waals surface area contributed by atoms with Crippen LogP contribution in [0.2, 0.25) is 0 Å². The molecule has 158 valence electrons. The molecule has 30 heavy (non-hydrogen) atoms. The van der Waals surface area contributed by atoms with Crippen LogP contribution in [0.15, 0.2) is 18.3 Å². The van der Waals surface area contributed by atoms with E-state index in [0.29, 0.717) is 5.01 Å². The van der Waals surface area contributed by atoms with E-state index in [1.54, 1.807) is 4.68 Å². The topological polar surface area (TPSA) is 115 Å². The molecule has 9 nitrogen and oxygen atoms in total. The van der Waals surface area contributed by atoms with Crippen molar-refractivity contribution < 1.29 is 14.3 Å². The molecule has 10 heteroatoms. The van der Waals surface area contributed by atoms with Crippen LogP contribution in [0.25, 0.3) is 21.5 Å². The molecule has 2 aromatic heterocycles. The number of benzene rings is 1. The Kier molecular flexibility index (Phi) is 5.44. The number of hydrogen-bond acceptors (Lipinski definition) is 7. The van der Waals surface area contributed by atoms with Crippen molar-refractivity contribution in [1.82, 2.24) is 25.0 Å². The summed E-state index contributed by atoms with van der Waals surface area (Å²) in [7, 11) is 3.93. The Morgan fingerprint density at radius 2 is 2.00 bits per heavy atom. The number of carbonyl (C=O) groups is 2. The third-order valence-electron chi connectivity index (χ3n) is 5.22. The van der Waals surface area contributed by atoms with Crippen LogP contribution in [0.1, 0.15) is 28.9 Å². The number of primary amides is 1. The van der Waals surface area contributed by atoms with Crippen LogP contribution < -0.4 is 15.8 Å². The number of nitrogens with one attached hydrogen (secondary N) is 1. The molecule has 0 bridgehead atoms. The van der Waals surface area contributed by atoms with Gasteiger partial charge in [0.2, 0.25) is 5.06 Å². The third kappa shape index (κ3) is 4.14. The van der Waals surface area contributed by atoms with Gasteiger partial charge >= 0.3 is 6.09 Å². The monoisotopic (exact) mass is 428 g/mol. The number of hydrogen-bond donors (Lipinski definition) is 2. The van der Waals surface area contributed by atoms with Gasteiger partial charge in [-0.2, -0.15) is 5.10 Å². The average Bonchev–Trinajstić information content (AvgIpc) is 3.26. The number of aryl methyl sites for hydroxylation is 2. The molecule has 1 aliphatic heterocycles. The first-order valence-electron chi connectivity index (χ1n) is 9.72. The lowest BCUT2D eigenvalue weighted by atomic mass is 10.1. The highest BCUT2D eigenvalue weighted by Gasteiger charge is 2.26. The van der Waals surface area contributed by atoms with E-state index in [-0.39, 0.29) is 22.7 Å². The number of piperidine rings is 1. The SMILES string of the molecule is Cc1cc(-c2nc(C(=O)NC3CCN(C)CC3)c(OC(N)=O)s2)cc2cn(C)nc12. The summed E-state index contributed by atoms with van der Waals surface area (Å²) < 4.78 is 6.86. The molecule has 2 amide bonds. The summed E-state index contributed by atoms with van der Waals surface area (Å²) >= 11 is 1.13. The van der Waals surface area contributed by atoms with Crippen molar-refractivity contribution in [2.75, 3.05) is 20.1 Å². The van der Waals surface area contributed by atoms with Gasteiger partial charge in [-0.25, -0.2) is 9.78 Å². The fourth-order valence-electron chi connectivity index (χ4n) is 3.69. The van der Waals surface area contributed by atoms with Crippen LogP contribution in [-0.4, -0.2) is 57.8 Å². The number of nitrogens with zero attached hydrogens (tertiary/aromatic N) is 4. The zero-order chi connectivity index (χ0) is 21.4. The van der Waals surface area contributed by atoms with E-state index in [9.17, 15) is 9.59 Å². The standard InChI is InChI=1S/C20H24N6O3S/c1-11-8-12(9-13-10-26(3)24-15(11)13)18-23-16(19(30-18)29-20(21)28)17(27)22-14-4-6-25(2)7-5-14/h8-10,14H,4-7H2,1-3H3,(H2,21,28)(H,22,27). The lowest BCUT2D eigenvalue weighted by Gasteiger charge is -2.29. The zero-order valence-electron chi connectivity index (χ0n) is 17.1. The van der Waals surface area contributed by atoms with Crippen LogP contribution in [-0.2, 0) is 7.05 Å². The number of carbonyl (C=O) groups excluding carboxylic acids is 2. The molecule has 3 aromatic rings. The number of amides is 2. The van der Waals surface area contributed by atoms with Gasteiger partial charge in [0.05, 0.1) is 5.52 Å². The van der Waals surface area contributed by atoms with Gasteiger partial charge in [-0.05, 0) is 57.6 Å². The molecular weight excluding hydrogens is 404 g/mol. The van der Waals surface area contributed by atoms with Gasteiger partial charge in [0.15, 0.2) is 5.69 Å². The number of nitrogens with two attached hydrogens (primary N) is 1. The van der Waals surface area contributed by atoms with Crippen molar-refractivity contribution in [2.24, 2.45) is 12.8 Å². The van der Waals surface area contributed by atoms with Gasteiger partial charge in [-0.15, -0.1) is 0 Å². The molecule has 3 heterocycles. The minimum atomic E-state index is -0.975. The molecule has 1 fully saturated rings. The Balaban J connectivity index is 1.66. The van der Waals surface area contributed by atoms with Gasteiger partial charge in [0, 0.05) is 30.2 Å². The van der Waals surface area contributed by atoms with Crippen molar-refractivity contribution in [1.29, 1.82) is 0 Å². The third-order valence-corrected chi connectivity index (χ3v) is 6.20. The fourth-order valence-corrected chi connectivity index (χ4v) is 4.60. The average molecular weight is 429 g/mol. The smallest absolute Gasteiger partial charge is 0.397 e. The fraction of sp³-hybridized carbons (Fsp3) is 0.400. The Hall–Kier alpha value is -2.98. The van der Waals surface area contributed by atoms with Crippen LogP contribution in [0.3, 0.4) is 0 Å². The number of rotatable bonds is 4. The Bertz CT molecular complexity index is 1110. The number of thiazole rings is 1. The quantitative estimate of drug-likeness (QED) is 0.659. The molecule has 3 N–H and O–H groups in total. The van der Waals surface area contributed by atoms with Gasteiger partial charge in [-0.3, -0.25) is 9.48 Å². The number of likely N-dealkylation sites (tertiary alicyclic amines) is 1. The highest BCUT2D eigenvalue weighted by atomic mass is 32.1. The number of ether oxygens (including phenoxy) is 1. The maximum absolute atomic E-state index is 12.9. The van der Waals surface area contributed by atoms with Gasteiger partial charge in [0.1, 0.15) is 5.01 Å². The molecule has 1 saturated heterocycles. The summed E-state index contributed by atoms with van der Waals surface area (Å²) in [6, 6.07) is 3.98. The molecule has 0 saturated carbocycles. The highest BCUT2D eigenvalue weighted by molar-refractivity contribution is 7.17. The first kappa shape index (κ1) is 20.3. The van der Waals surface area contributed by atoms with E-state index < -0.39 is 6.09 Å². The predicted octanol–water partition coefficient (Wildman–Crippen LogP) is 2.29. The second kappa shape index (κ2) is 8.04. The maximum Gasteiger partial charge on any atom is 0.410 e. The van der Waals surface area contributed by atoms with Crippen molar-refractivity contribution in [3.05, 3.63) is 29.6 Å².